The summed E-state index contributed by atoms with van der Waals surface area (Å²) in [4.78, 5) is 12.6. The van der Waals surface area contributed by atoms with Crippen molar-refractivity contribution in [3.63, 3.8) is 0 Å². The van der Waals surface area contributed by atoms with E-state index in [1.165, 1.54) is 0 Å². The number of nitrogens with zero attached hydrogens (tertiary/aromatic N) is 4. The third-order valence-electron chi connectivity index (χ3n) is 2.74. The Morgan fingerprint density at radius 1 is 1.22 bits per heavy atom. The number of nitrogen functional groups attached to an aromatic ring is 1. The van der Waals surface area contributed by atoms with Gasteiger partial charge in [-0.05, 0) is 34.1 Å². The fourth-order valence-electron chi connectivity index (χ4n) is 1.96. The van der Waals surface area contributed by atoms with Gasteiger partial charge in [-0.25, -0.2) is 15.0 Å². The molecule has 0 fully saturated rings. The smallest absolute Gasteiger partial charge is 0.220 e. The van der Waals surface area contributed by atoms with Crippen LogP contribution in [0.1, 0.15) is 0 Å². The Bertz CT molecular complexity index is 734. The molecule has 0 aliphatic carbocycles. The summed E-state index contributed by atoms with van der Waals surface area (Å²) in [6, 6.07) is 5.77. The van der Waals surface area contributed by atoms with Gasteiger partial charge in [0.15, 0.2) is 0 Å². The fourth-order valence-corrected chi connectivity index (χ4v) is 2.26. The van der Waals surface area contributed by atoms with Gasteiger partial charge < -0.3 is 10.3 Å². The van der Waals surface area contributed by atoms with Gasteiger partial charge >= 0.3 is 0 Å². The lowest BCUT2D eigenvalue weighted by molar-refractivity contribution is 0.946. The first-order chi connectivity index (χ1) is 8.65. The van der Waals surface area contributed by atoms with Crippen molar-refractivity contribution in [2.24, 2.45) is 7.05 Å². The zero-order chi connectivity index (χ0) is 12.7. The molecular formula is C12H10BrN5. The van der Waals surface area contributed by atoms with Gasteiger partial charge in [0.05, 0.1) is 5.69 Å². The van der Waals surface area contributed by atoms with Crippen LogP contribution >= 0.6 is 15.9 Å². The fraction of sp³-hybridized carbons (Fsp3) is 0.0833. The summed E-state index contributed by atoms with van der Waals surface area (Å²) in [7, 11) is 1.95. The zero-order valence-electron chi connectivity index (χ0n) is 9.63. The van der Waals surface area contributed by atoms with Gasteiger partial charge in [0.2, 0.25) is 5.95 Å². The van der Waals surface area contributed by atoms with Crippen LogP contribution in [-0.4, -0.2) is 19.5 Å². The average molecular weight is 304 g/mol. The second kappa shape index (κ2) is 4.06. The molecule has 3 rings (SSSR count). The van der Waals surface area contributed by atoms with E-state index in [4.69, 9.17) is 5.73 Å². The molecule has 3 aromatic heterocycles. The van der Waals surface area contributed by atoms with E-state index in [0.29, 0.717) is 0 Å². The van der Waals surface area contributed by atoms with Crippen LogP contribution in [0.25, 0.3) is 22.3 Å². The van der Waals surface area contributed by atoms with E-state index < -0.39 is 0 Å². The molecule has 0 saturated carbocycles. The van der Waals surface area contributed by atoms with E-state index in [2.05, 4.69) is 30.9 Å². The van der Waals surface area contributed by atoms with E-state index in [1.807, 2.05) is 36.0 Å². The van der Waals surface area contributed by atoms with E-state index in [9.17, 15) is 0 Å². The number of pyridine rings is 1. The molecule has 3 aromatic rings. The van der Waals surface area contributed by atoms with Crippen molar-refractivity contribution < 1.29 is 0 Å². The molecule has 18 heavy (non-hydrogen) atoms. The van der Waals surface area contributed by atoms with Crippen LogP contribution in [0.5, 0.6) is 0 Å². The average Bonchev–Trinajstić information content (AvgIpc) is 2.67. The predicted molar refractivity (Wildman–Crippen MR) is 73.9 cm³/mol. The molecule has 0 atom stereocenters. The Hall–Kier alpha value is -1.95. The van der Waals surface area contributed by atoms with Crippen LogP contribution in [0.15, 0.2) is 35.2 Å². The standard InChI is InChI=1S/C12H10BrN5/c1-18-6-8(9-4-5-15-12(14)16-9)7-2-3-10(13)17-11(7)18/h2-6H,1H3,(H2,14,15,16). The van der Waals surface area contributed by atoms with E-state index in [-0.39, 0.29) is 5.95 Å². The van der Waals surface area contributed by atoms with Crippen molar-refractivity contribution in [3.05, 3.63) is 35.2 Å². The lowest BCUT2D eigenvalue weighted by Crippen LogP contribution is -1.94. The Kier molecular flexibility index (Phi) is 2.52. The number of anilines is 1. The summed E-state index contributed by atoms with van der Waals surface area (Å²) in [6.45, 7) is 0. The molecule has 0 aromatic carbocycles. The van der Waals surface area contributed by atoms with Gasteiger partial charge in [0.25, 0.3) is 0 Å². The highest BCUT2D eigenvalue weighted by molar-refractivity contribution is 9.10. The Morgan fingerprint density at radius 3 is 2.83 bits per heavy atom. The summed E-state index contributed by atoms with van der Waals surface area (Å²) < 4.78 is 2.78. The van der Waals surface area contributed by atoms with Gasteiger partial charge in [-0.15, -0.1) is 0 Å². The number of nitrogens with two attached hydrogens (primary N) is 1. The number of halogens is 1. The third kappa shape index (κ3) is 1.74. The highest BCUT2D eigenvalue weighted by atomic mass is 79.9. The quantitative estimate of drug-likeness (QED) is 0.701. The molecule has 0 radical (unpaired) electrons. The predicted octanol–water partition coefficient (Wildman–Crippen LogP) is 2.38. The van der Waals surface area contributed by atoms with Gasteiger partial charge in [-0.3, -0.25) is 0 Å². The van der Waals surface area contributed by atoms with Crippen LogP contribution in [0.2, 0.25) is 0 Å². The first-order valence-electron chi connectivity index (χ1n) is 5.35. The van der Waals surface area contributed by atoms with Crippen LogP contribution in [0.4, 0.5) is 5.95 Å². The van der Waals surface area contributed by atoms with Gasteiger partial charge in [-0.2, -0.15) is 0 Å². The lowest BCUT2D eigenvalue weighted by atomic mass is 10.1. The summed E-state index contributed by atoms with van der Waals surface area (Å²) in [6.07, 6.45) is 3.65. The molecule has 2 N–H and O–H groups in total. The Labute approximate surface area is 112 Å². The molecule has 90 valence electrons. The molecule has 0 bridgehead atoms. The molecular weight excluding hydrogens is 294 g/mol. The molecule has 3 heterocycles. The van der Waals surface area contributed by atoms with Crippen molar-refractivity contribution in [2.45, 2.75) is 0 Å². The van der Waals surface area contributed by atoms with Crippen molar-refractivity contribution in [1.82, 2.24) is 19.5 Å². The second-order valence-electron chi connectivity index (χ2n) is 3.96. The summed E-state index contributed by atoms with van der Waals surface area (Å²) in [5.74, 6) is 0.273. The van der Waals surface area contributed by atoms with Crippen LogP contribution < -0.4 is 5.73 Å². The van der Waals surface area contributed by atoms with E-state index in [1.54, 1.807) is 6.20 Å². The van der Waals surface area contributed by atoms with Gasteiger partial charge in [0.1, 0.15) is 10.3 Å². The largest absolute Gasteiger partial charge is 0.368 e. The van der Waals surface area contributed by atoms with Crippen LogP contribution in [0.3, 0.4) is 0 Å². The topological polar surface area (TPSA) is 69.6 Å². The molecule has 0 saturated heterocycles. The van der Waals surface area contributed by atoms with Crippen molar-refractivity contribution >= 4 is 32.9 Å². The lowest BCUT2D eigenvalue weighted by Gasteiger charge is -1.99. The molecule has 0 aliphatic rings. The van der Waals surface area contributed by atoms with Crippen molar-refractivity contribution in [3.8, 4) is 11.3 Å². The van der Waals surface area contributed by atoms with E-state index >= 15 is 0 Å². The molecule has 6 heteroatoms. The third-order valence-corrected chi connectivity index (χ3v) is 3.18. The van der Waals surface area contributed by atoms with Gasteiger partial charge in [-0.1, -0.05) is 0 Å². The molecule has 0 unspecified atom stereocenters. The highest BCUT2D eigenvalue weighted by Crippen LogP contribution is 2.28. The zero-order valence-corrected chi connectivity index (χ0v) is 11.2. The molecule has 0 amide bonds. The first-order valence-corrected chi connectivity index (χ1v) is 6.15. The van der Waals surface area contributed by atoms with Crippen molar-refractivity contribution in [2.75, 3.05) is 5.73 Å². The Balaban J connectivity index is 2.30. The second-order valence-corrected chi connectivity index (χ2v) is 4.77. The number of rotatable bonds is 1. The molecule has 5 nitrogen and oxygen atoms in total. The minimum Gasteiger partial charge on any atom is -0.368 e. The monoisotopic (exact) mass is 303 g/mol. The Morgan fingerprint density at radius 2 is 2.06 bits per heavy atom. The summed E-state index contributed by atoms with van der Waals surface area (Å²) >= 11 is 3.37. The van der Waals surface area contributed by atoms with Crippen LogP contribution in [0, 0.1) is 0 Å². The number of aryl methyl sites for hydroxylation is 1. The maximum Gasteiger partial charge on any atom is 0.220 e. The first kappa shape index (κ1) is 11.2. The maximum absolute atomic E-state index is 5.62. The van der Waals surface area contributed by atoms with Gasteiger partial charge in [0, 0.05) is 30.4 Å². The number of hydrogen-bond donors (Lipinski definition) is 1. The summed E-state index contributed by atoms with van der Waals surface area (Å²) in [5, 5.41) is 1.04. The summed E-state index contributed by atoms with van der Waals surface area (Å²) in [5.41, 5.74) is 8.32. The minimum absolute atomic E-state index is 0.273. The number of aromatic nitrogens is 4. The maximum atomic E-state index is 5.62. The normalized spacial score (nSPS) is 11.0. The van der Waals surface area contributed by atoms with Crippen molar-refractivity contribution in [1.29, 1.82) is 0 Å². The highest BCUT2D eigenvalue weighted by Gasteiger charge is 2.11. The number of fused-ring (bicyclic) bond motifs is 1. The molecule has 0 spiro atoms. The van der Waals surface area contributed by atoms with E-state index in [0.717, 1.165) is 26.9 Å². The molecule has 0 aliphatic heterocycles. The SMILES string of the molecule is Cn1cc(-c2ccnc(N)n2)c2ccc(Br)nc21. The minimum atomic E-state index is 0.273. The number of hydrogen-bond acceptors (Lipinski definition) is 4. The van der Waals surface area contributed by atoms with Crippen LogP contribution in [-0.2, 0) is 7.05 Å².